The third-order valence-electron chi connectivity index (χ3n) is 4.27. The maximum Gasteiger partial charge on any atom is 0.111 e. The van der Waals surface area contributed by atoms with Crippen LogP contribution in [0.25, 0.3) is 0 Å². The first kappa shape index (κ1) is 11.6. The van der Waals surface area contributed by atoms with Crippen LogP contribution in [0.2, 0.25) is 0 Å². The first-order chi connectivity index (χ1) is 7.45. The summed E-state index contributed by atoms with van der Waals surface area (Å²) < 4.78 is 2.00. The summed E-state index contributed by atoms with van der Waals surface area (Å²) in [6.45, 7) is 4.35. The van der Waals surface area contributed by atoms with Crippen LogP contribution in [0, 0.1) is 5.41 Å². The molecule has 1 heterocycles. The van der Waals surface area contributed by atoms with Crippen LogP contribution in [0.1, 0.15) is 45.4 Å². The molecule has 3 nitrogen and oxygen atoms in total. The largest absolute Gasteiger partial charge is 0.389 e. The van der Waals surface area contributed by atoms with Gasteiger partial charge in [-0.05, 0) is 18.3 Å². The molecule has 0 amide bonds. The second-order valence-electron chi connectivity index (χ2n) is 5.75. The number of hydrogen-bond donors (Lipinski definition) is 1. The van der Waals surface area contributed by atoms with Gasteiger partial charge in [-0.25, -0.2) is 4.98 Å². The molecule has 1 unspecified atom stereocenters. The normalized spacial score (nSPS) is 29.2. The molecule has 1 aromatic heterocycles. The molecule has 0 saturated heterocycles. The summed E-state index contributed by atoms with van der Waals surface area (Å²) in [5.41, 5.74) is -0.596. The van der Waals surface area contributed by atoms with Crippen LogP contribution in [0.4, 0.5) is 0 Å². The van der Waals surface area contributed by atoms with Crippen LogP contribution in [0.15, 0.2) is 12.4 Å². The number of nitrogens with zero attached hydrogens (tertiary/aromatic N) is 2. The van der Waals surface area contributed by atoms with Crippen LogP contribution in [0.3, 0.4) is 0 Å². The lowest BCUT2D eigenvalue weighted by Crippen LogP contribution is -2.49. The van der Waals surface area contributed by atoms with Gasteiger partial charge in [-0.15, -0.1) is 0 Å². The Labute approximate surface area is 97.5 Å². The van der Waals surface area contributed by atoms with E-state index in [4.69, 9.17) is 0 Å². The number of aryl methyl sites for hydroxylation is 1. The van der Waals surface area contributed by atoms with Gasteiger partial charge >= 0.3 is 0 Å². The van der Waals surface area contributed by atoms with E-state index >= 15 is 0 Å². The fourth-order valence-electron chi connectivity index (χ4n) is 2.71. The minimum Gasteiger partial charge on any atom is -0.389 e. The van der Waals surface area contributed by atoms with E-state index in [0.29, 0.717) is 6.42 Å². The fourth-order valence-corrected chi connectivity index (χ4v) is 2.71. The Morgan fingerprint density at radius 2 is 2.06 bits per heavy atom. The maximum absolute atomic E-state index is 10.8. The lowest BCUT2D eigenvalue weighted by Gasteiger charge is -2.46. The molecule has 0 bridgehead atoms. The van der Waals surface area contributed by atoms with Gasteiger partial charge < -0.3 is 9.67 Å². The van der Waals surface area contributed by atoms with E-state index in [2.05, 4.69) is 18.8 Å². The minimum atomic E-state index is -0.593. The minimum absolute atomic E-state index is 0.00278. The Hall–Kier alpha value is -0.830. The second-order valence-corrected chi connectivity index (χ2v) is 5.75. The fraction of sp³-hybridized carbons (Fsp3) is 0.769. The van der Waals surface area contributed by atoms with Gasteiger partial charge in [0, 0.05) is 25.9 Å². The summed E-state index contributed by atoms with van der Waals surface area (Å²) in [5.74, 6) is 0.984. The van der Waals surface area contributed by atoms with Crippen molar-refractivity contribution in [3.63, 3.8) is 0 Å². The molecule has 1 aliphatic carbocycles. The topological polar surface area (TPSA) is 38.0 Å². The molecule has 16 heavy (non-hydrogen) atoms. The van der Waals surface area contributed by atoms with Crippen molar-refractivity contribution in [2.75, 3.05) is 0 Å². The van der Waals surface area contributed by atoms with Gasteiger partial charge in [-0.1, -0.05) is 26.7 Å². The Balaban J connectivity index is 2.21. The maximum atomic E-state index is 10.8. The van der Waals surface area contributed by atoms with E-state index in [1.165, 1.54) is 6.42 Å². The highest BCUT2D eigenvalue weighted by Crippen LogP contribution is 2.45. The third kappa shape index (κ3) is 1.88. The van der Waals surface area contributed by atoms with Gasteiger partial charge in [0.15, 0.2) is 0 Å². The Kier molecular flexibility index (Phi) is 2.82. The standard InChI is InChI=1S/C13H22N2O/c1-12(2)6-4-5-7-13(12,16)10-11-14-8-9-15(11)3/h8-9,16H,4-7,10H2,1-3H3. The SMILES string of the molecule is Cn1ccnc1CC1(O)CCCCC1(C)C. The van der Waals surface area contributed by atoms with Gasteiger partial charge in [0.25, 0.3) is 0 Å². The summed E-state index contributed by atoms with van der Waals surface area (Å²) in [7, 11) is 1.99. The molecule has 1 aliphatic rings. The van der Waals surface area contributed by atoms with Crippen LogP contribution in [0.5, 0.6) is 0 Å². The van der Waals surface area contributed by atoms with E-state index < -0.39 is 5.60 Å². The van der Waals surface area contributed by atoms with E-state index in [1.807, 2.05) is 17.8 Å². The van der Waals surface area contributed by atoms with Crippen molar-refractivity contribution in [3.05, 3.63) is 18.2 Å². The van der Waals surface area contributed by atoms with E-state index in [1.54, 1.807) is 6.20 Å². The van der Waals surface area contributed by atoms with Gasteiger partial charge in [-0.2, -0.15) is 0 Å². The zero-order chi connectivity index (χ0) is 11.8. The summed E-state index contributed by atoms with van der Waals surface area (Å²) in [6, 6.07) is 0. The van der Waals surface area contributed by atoms with Crippen molar-refractivity contribution >= 4 is 0 Å². The van der Waals surface area contributed by atoms with Gasteiger partial charge in [0.2, 0.25) is 0 Å². The number of imidazole rings is 1. The molecule has 90 valence electrons. The van der Waals surface area contributed by atoms with Crippen molar-refractivity contribution < 1.29 is 5.11 Å². The van der Waals surface area contributed by atoms with Crippen molar-refractivity contribution in [3.8, 4) is 0 Å². The first-order valence-corrected chi connectivity index (χ1v) is 6.13. The van der Waals surface area contributed by atoms with Crippen LogP contribution in [-0.2, 0) is 13.5 Å². The van der Waals surface area contributed by atoms with Gasteiger partial charge in [0.05, 0.1) is 5.60 Å². The average molecular weight is 222 g/mol. The van der Waals surface area contributed by atoms with Gasteiger partial charge in [-0.3, -0.25) is 0 Å². The molecule has 0 radical (unpaired) electrons. The highest BCUT2D eigenvalue weighted by molar-refractivity contribution is 5.05. The quantitative estimate of drug-likeness (QED) is 0.833. The van der Waals surface area contributed by atoms with Crippen molar-refractivity contribution in [1.82, 2.24) is 9.55 Å². The molecule has 1 aromatic rings. The van der Waals surface area contributed by atoms with Gasteiger partial charge in [0.1, 0.15) is 5.82 Å². The molecule has 0 aliphatic heterocycles. The molecule has 2 rings (SSSR count). The number of rotatable bonds is 2. The smallest absolute Gasteiger partial charge is 0.111 e. The van der Waals surface area contributed by atoms with Crippen molar-refractivity contribution in [1.29, 1.82) is 0 Å². The van der Waals surface area contributed by atoms with Crippen molar-refractivity contribution in [2.45, 2.75) is 51.6 Å². The molecule has 1 atom stereocenters. The molecule has 3 heteroatoms. The number of aliphatic hydroxyl groups is 1. The highest BCUT2D eigenvalue weighted by atomic mass is 16.3. The average Bonchev–Trinajstić information content (AvgIpc) is 2.58. The highest BCUT2D eigenvalue weighted by Gasteiger charge is 2.45. The molecule has 1 fully saturated rings. The lowest BCUT2D eigenvalue weighted by atomic mass is 9.64. The Morgan fingerprint density at radius 1 is 1.38 bits per heavy atom. The lowest BCUT2D eigenvalue weighted by molar-refractivity contribution is -0.0973. The summed E-state index contributed by atoms with van der Waals surface area (Å²) in [5, 5.41) is 10.8. The zero-order valence-corrected chi connectivity index (χ0v) is 10.5. The zero-order valence-electron chi connectivity index (χ0n) is 10.5. The van der Waals surface area contributed by atoms with Crippen molar-refractivity contribution in [2.24, 2.45) is 12.5 Å². The first-order valence-electron chi connectivity index (χ1n) is 6.13. The molecule has 1 saturated carbocycles. The predicted octanol–water partition coefficient (Wildman–Crippen LogP) is 2.29. The Morgan fingerprint density at radius 3 is 2.62 bits per heavy atom. The second kappa shape index (κ2) is 3.88. The number of aromatic nitrogens is 2. The van der Waals surface area contributed by atoms with E-state index in [-0.39, 0.29) is 5.41 Å². The molecular weight excluding hydrogens is 200 g/mol. The monoisotopic (exact) mass is 222 g/mol. The third-order valence-corrected chi connectivity index (χ3v) is 4.27. The molecular formula is C13H22N2O. The van der Waals surface area contributed by atoms with E-state index in [9.17, 15) is 5.11 Å². The summed E-state index contributed by atoms with van der Waals surface area (Å²) in [6.07, 6.45) is 8.77. The van der Waals surface area contributed by atoms with Crippen LogP contribution < -0.4 is 0 Å². The predicted molar refractivity (Wildman–Crippen MR) is 64.1 cm³/mol. The summed E-state index contributed by atoms with van der Waals surface area (Å²) >= 11 is 0. The molecule has 0 spiro atoms. The molecule has 1 N–H and O–H groups in total. The molecule has 0 aromatic carbocycles. The van der Waals surface area contributed by atoms with E-state index in [0.717, 1.165) is 25.1 Å². The van der Waals surface area contributed by atoms with Crippen LogP contribution in [-0.4, -0.2) is 20.3 Å². The number of hydrogen-bond acceptors (Lipinski definition) is 2. The summed E-state index contributed by atoms with van der Waals surface area (Å²) in [4.78, 5) is 4.32. The Bertz CT molecular complexity index is 370. The van der Waals surface area contributed by atoms with Crippen LogP contribution >= 0.6 is 0 Å².